The molecule has 0 heterocycles. The van der Waals surface area contributed by atoms with Gasteiger partial charge in [0.25, 0.3) is 5.91 Å². The fourth-order valence-corrected chi connectivity index (χ4v) is 1.80. The van der Waals surface area contributed by atoms with E-state index in [2.05, 4.69) is 5.32 Å². The number of anilines is 2. The van der Waals surface area contributed by atoms with Gasteiger partial charge in [-0.05, 0) is 43.2 Å². The lowest BCUT2D eigenvalue weighted by Gasteiger charge is -2.10. The first kappa shape index (κ1) is 14.0. The van der Waals surface area contributed by atoms with Gasteiger partial charge >= 0.3 is 0 Å². The first-order valence-corrected chi connectivity index (χ1v) is 6.01. The van der Waals surface area contributed by atoms with Crippen molar-refractivity contribution in [3.05, 3.63) is 58.7 Å². The number of aryl methyl sites for hydroxylation is 2. The molecule has 0 aromatic heterocycles. The molecule has 3 N–H and O–H groups in total. The van der Waals surface area contributed by atoms with E-state index in [4.69, 9.17) is 5.73 Å². The van der Waals surface area contributed by atoms with Crippen molar-refractivity contribution in [3.63, 3.8) is 0 Å². The number of nitrogens with two attached hydrogens (primary N) is 1. The standard InChI is InChI=1S/C15H14F2N2O/c1-8-3-4-13(18)14(5-8)19-15(20)10-6-9(2)11(16)7-12(10)17/h3-7H,18H2,1-2H3,(H,19,20). The van der Waals surface area contributed by atoms with E-state index in [0.29, 0.717) is 17.4 Å². The summed E-state index contributed by atoms with van der Waals surface area (Å²) in [6.45, 7) is 3.31. The highest BCUT2D eigenvalue weighted by Crippen LogP contribution is 2.22. The Hall–Kier alpha value is -2.43. The van der Waals surface area contributed by atoms with Crippen LogP contribution in [0.4, 0.5) is 20.2 Å². The topological polar surface area (TPSA) is 55.1 Å². The van der Waals surface area contributed by atoms with Crippen LogP contribution in [0, 0.1) is 25.5 Å². The van der Waals surface area contributed by atoms with E-state index in [9.17, 15) is 13.6 Å². The third-order valence-corrected chi connectivity index (χ3v) is 2.95. The lowest BCUT2D eigenvalue weighted by atomic mass is 10.1. The van der Waals surface area contributed by atoms with Crippen LogP contribution in [-0.4, -0.2) is 5.91 Å². The van der Waals surface area contributed by atoms with Gasteiger partial charge < -0.3 is 11.1 Å². The molecule has 0 aliphatic carbocycles. The summed E-state index contributed by atoms with van der Waals surface area (Å²) in [6.07, 6.45) is 0. The normalized spacial score (nSPS) is 10.4. The van der Waals surface area contributed by atoms with Crippen LogP contribution < -0.4 is 11.1 Å². The zero-order valence-corrected chi connectivity index (χ0v) is 11.1. The van der Waals surface area contributed by atoms with Crippen LogP contribution in [-0.2, 0) is 0 Å². The summed E-state index contributed by atoms with van der Waals surface area (Å²) >= 11 is 0. The molecule has 0 saturated carbocycles. The number of carbonyl (C=O) groups is 1. The van der Waals surface area contributed by atoms with Gasteiger partial charge in [0.05, 0.1) is 16.9 Å². The van der Waals surface area contributed by atoms with Crippen LogP contribution in [0.1, 0.15) is 21.5 Å². The van der Waals surface area contributed by atoms with Crippen molar-refractivity contribution in [1.29, 1.82) is 0 Å². The van der Waals surface area contributed by atoms with Crippen LogP contribution in [0.5, 0.6) is 0 Å². The molecule has 2 aromatic carbocycles. The Kier molecular flexibility index (Phi) is 3.70. The molecular formula is C15H14F2N2O. The Labute approximate surface area is 115 Å². The smallest absolute Gasteiger partial charge is 0.258 e. The number of benzene rings is 2. The van der Waals surface area contributed by atoms with Gasteiger partial charge in [0.15, 0.2) is 0 Å². The molecular weight excluding hydrogens is 262 g/mol. The van der Waals surface area contributed by atoms with Crippen LogP contribution in [0.3, 0.4) is 0 Å². The molecule has 2 rings (SSSR count). The molecule has 2 aromatic rings. The van der Waals surface area contributed by atoms with E-state index >= 15 is 0 Å². The van der Waals surface area contributed by atoms with Crippen LogP contribution >= 0.6 is 0 Å². The van der Waals surface area contributed by atoms with Crippen molar-refractivity contribution < 1.29 is 13.6 Å². The number of amides is 1. The summed E-state index contributed by atoms with van der Waals surface area (Å²) in [5, 5.41) is 2.53. The van der Waals surface area contributed by atoms with Crippen LogP contribution in [0.25, 0.3) is 0 Å². The predicted molar refractivity (Wildman–Crippen MR) is 74.6 cm³/mol. The molecule has 0 fully saturated rings. The van der Waals surface area contributed by atoms with Gasteiger partial charge in [-0.2, -0.15) is 0 Å². The number of halogens is 2. The molecule has 0 saturated heterocycles. The number of rotatable bonds is 2. The van der Waals surface area contributed by atoms with Crippen molar-refractivity contribution in [2.24, 2.45) is 0 Å². The largest absolute Gasteiger partial charge is 0.397 e. The number of hydrogen-bond acceptors (Lipinski definition) is 2. The first-order valence-electron chi connectivity index (χ1n) is 6.01. The number of nitrogens with one attached hydrogen (secondary N) is 1. The average molecular weight is 276 g/mol. The summed E-state index contributed by atoms with van der Waals surface area (Å²) in [4.78, 5) is 12.0. The van der Waals surface area contributed by atoms with E-state index in [0.717, 1.165) is 5.56 Å². The molecule has 0 spiro atoms. The Bertz CT molecular complexity index is 684. The van der Waals surface area contributed by atoms with Crippen molar-refractivity contribution in [2.45, 2.75) is 13.8 Å². The van der Waals surface area contributed by atoms with Crippen molar-refractivity contribution in [3.8, 4) is 0 Å². The number of nitrogen functional groups attached to an aromatic ring is 1. The molecule has 0 bridgehead atoms. The van der Waals surface area contributed by atoms with E-state index in [-0.39, 0.29) is 11.1 Å². The molecule has 3 nitrogen and oxygen atoms in total. The molecule has 20 heavy (non-hydrogen) atoms. The van der Waals surface area contributed by atoms with Gasteiger partial charge in [-0.25, -0.2) is 8.78 Å². The first-order chi connectivity index (χ1) is 9.38. The van der Waals surface area contributed by atoms with Crippen molar-refractivity contribution in [1.82, 2.24) is 0 Å². The molecule has 104 valence electrons. The van der Waals surface area contributed by atoms with E-state index in [1.807, 2.05) is 6.92 Å². The summed E-state index contributed by atoms with van der Waals surface area (Å²) < 4.78 is 26.8. The monoisotopic (exact) mass is 276 g/mol. The minimum atomic E-state index is -0.906. The lowest BCUT2D eigenvalue weighted by molar-refractivity contribution is 0.102. The SMILES string of the molecule is Cc1ccc(N)c(NC(=O)c2cc(C)c(F)cc2F)c1. The van der Waals surface area contributed by atoms with Gasteiger partial charge in [-0.1, -0.05) is 6.07 Å². The molecule has 0 radical (unpaired) electrons. The summed E-state index contributed by atoms with van der Waals surface area (Å²) in [7, 11) is 0. The summed E-state index contributed by atoms with van der Waals surface area (Å²) in [6, 6.07) is 7.00. The molecule has 0 unspecified atom stereocenters. The average Bonchev–Trinajstić information content (AvgIpc) is 2.38. The Morgan fingerprint density at radius 1 is 1.10 bits per heavy atom. The third kappa shape index (κ3) is 2.77. The maximum atomic E-state index is 13.6. The Morgan fingerprint density at radius 3 is 2.50 bits per heavy atom. The molecule has 5 heteroatoms. The minimum absolute atomic E-state index is 0.203. The van der Waals surface area contributed by atoms with Gasteiger partial charge in [-0.15, -0.1) is 0 Å². The van der Waals surface area contributed by atoms with E-state index in [1.54, 1.807) is 18.2 Å². The van der Waals surface area contributed by atoms with Gasteiger partial charge in [0, 0.05) is 6.07 Å². The van der Waals surface area contributed by atoms with Crippen molar-refractivity contribution in [2.75, 3.05) is 11.1 Å². The van der Waals surface area contributed by atoms with E-state index < -0.39 is 17.5 Å². The Morgan fingerprint density at radius 2 is 1.80 bits per heavy atom. The highest BCUT2D eigenvalue weighted by atomic mass is 19.1. The Balaban J connectivity index is 2.33. The van der Waals surface area contributed by atoms with Gasteiger partial charge in [0.1, 0.15) is 11.6 Å². The second-order valence-electron chi connectivity index (χ2n) is 4.63. The quantitative estimate of drug-likeness (QED) is 0.826. The zero-order valence-electron chi connectivity index (χ0n) is 11.1. The molecule has 0 aliphatic rings. The molecule has 0 atom stereocenters. The maximum Gasteiger partial charge on any atom is 0.258 e. The van der Waals surface area contributed by atoms with Gasteiger partial charge in [0.2, 0.25) is 0 Å². The summed E-state index contributed by atoms with van der Waals surface area (Å²) in [5.41, 5.74) is 7.41. The van der Waals surface area contributed by atoms with Crippen LogP contribution in [0.15, 0.2) is 30.3 Å². The number of hydrogen-bond donors (Lipinski definition) is 2. The zero-order chi connectivity index (χ0) is 14.9. The van der Waals surface area contributed by atoms with Gasteiger partial charge in [-0.3, -0.25) is 4.79 Å². The van der Waals surface area contributed by atoms with Crippen molar-refractivity contribution >= 4 is 17.3 Å². The fraction of sp³-hybridized carbons (Fsp3) is 0.133. The van der Waals surface area contributed by atoms with E-state index in [1.165, 1.54) is 13.0 Å². The number of carbonyl (C=O) groups excluding carboxylic acids is 1. The molecule has 1 amide bonds. The maximum absolute atomic E-state index is 13.6. The second-order valence-corrected chi connectivity index (χ2v) is 4.63. The fourth-order valence-electron chi connectivity index (χ4n) is 1.80. The lowest BCUT2D eigenvalue weighted by Crippen LogP contribution is -2.15. The van der Waals surface area contributed by atoms with Crippen LogP contribution in [0.2, 0.25) is 0 Å². The minimum Gasteiger partial charge on any atom is -0.397 e. The molecule has 0 aliphatic heterocycles. The highest BCUT2D eigenvalue weighted by Gasteiger charge is 2.15. The third-order valence-electron chi connectivity index (χ3n) is 2.95. The summed E-state index contributed by atoms with van der Waals surface area (Å²) in [5.74, 6) is -2.26. The highest BCUT2D eigenvalue weighted by molar-refractivity contribution is 6.06. The predicted octanol–water partition coefficient (Wildman–Crippen LogP) is 3.42. The second kappa shape index (κ2) is 5.28.